The van der Waals surface area contributed by atoms with Gasteiger partial charge in [-0.1, -0.05) is 19.1 Å². The second kappa shape index (κ2) is 7.65. The van der Waals surface area contributed by atoms with Gasteiger partial charge in [-0.25, -0.2) is 0 Å². The van der Waals surface area contributed by atoms with Gasteiger partial charge in [-0.05, 0) is 31.0 Å². The molecule has 20 heavy (non-hydrogen) atoms. The first kappa shape index (κ1) is 16.2. The summed E-state index contributed by atoms with van der Waals surface area (Å²) in [4.78, 5) is 22.8. The molecule has 0 bridgehead atoms. The first-order valence-electron chi connectivity index (χ1n) is 6.84. The van der Waals surface area contributed by atoms with Gasteiger partial charge in [0.15, 0.2) is 0 Å². The van der Waals surface area contributed by atoms with Gasteiger partial charge in [-0.3, -0.25) is 9.59 Å². The molecule has 0 spiro atoms. The molecule has 0 heterocycles. The van der Waals surface area contributed by atoms with E-state index in [0.29, 0.717) is 6.42 Å². The van der Waals surface area contributed by atoms with E-state index in [-0.39, 0.29) is 23.9 Å². The molecule has 0 aromatic heterocycles. The van der Waals surface area contributed by atoms with Crippen LogP contribution < -0.4 is 16.4 Å². The maximum Gasteiger partial charge on any atom is 0.222 e. The van der Waals surface area contributed by atoms with Gasteiger partial charge in [0, 0.05) is 25.1 Å². The molecular weight excluding hydrogens is 254 g/mol. The van der Waals surface area contributed by atoms with Crippen molar-refractivity contribution in [3.63, 3.8) is 0 Å². The molecule has 110 valence electrons. The number of anilines is 1. The predicted molar refractivity (Wildman–Crippen MR) is 80.2 cm³/mol. The van der Waals surface area contributed by atoms with Crippen LogP contribution in [-0.2, 0) is 9.59 Å². The smallest absolute Gasteiger partial charge is 0.222 e. The average molecular weight is 277 g/mol. The van der Waals surface area contributed by atoms with Crippen molar-refractivity contribution in [3.05, 3.63) is 29.8 Å². The number of nitrogens with two attached hydrogens (primary N) is 1. The highest BCUT2D eigenvalue weighted by molar-refractivity contribution is 5.88. The summed E-state index contributed by atoms with van der Waals surface area (Å²) in [6.07, 6.45) is 1.10. The number of carbonyl (C=O) groups excluding carboxylic acids is 2. The number of rotatable bonds is 6. The van der Waals surface area contributed by atoms with Crippen molar-refractivity contribution in [1.82, 2.24) is 5.32 Å². The van der Waals surface area contributed by atoms with Crippen LogP contribution in [0.2, 0.25) is 0 Å². The normalized spacial score (nSPS) is 13.4. The molecule has 0 aliphatic heterocycles. The molecule has 5 nitrogen and oxygen atoms in total. The lowest BCUT2D eigenvalue weighted by molar-refractivity contribution is -0.122. The summed E-state index contributed by atoms with van der Waals surface area (Å²) in [5, 5.41) is 5.63. The monoisotopic (exact) mass is 277 g/mol. The second-order valence-corrected chi connectivity index (χ2v) is 4.97. The number of hydrogen-bond donors (Lipinski definition) is 3. The fraction of sp³-hybridized carbons (Fsp3) is 0.467. The number of benzene rings is 1. The lowest BCUT2D eigenvalue weighted by Crippen LogP contribution is -2.32. The Morgan fingerprint density at radius 3 is 2.65 bits per heavy atom. The van der Waals surface area contributed by atoms with Gasteiger partial charge in [-0.2, -0.15) is 0 Å². The van der Waals surface area contributed by atoms with E-state index in [0.717, 1.165) is 17.7 Å². The van der Waals surface area contributed by atoms with Gasteiger partial charge in [0.25, 0.3) is 0 Å². The zero-order valence-corrected chi connectivity index (χ0v) is 12.3. The fourth-order valence-electron chi connectivity index (χ4n) is 1.86. The number of amides is 2. The summed E-state index contributed by atoms with van der Waals surface area (Å²) in [5.74, 6) is -0.176. The van der Waals surface area contributed by atoms with E-state index in [4.69, 9.17) is 5.73 Å². The average Bonchev–Trinajstić information content (AvgIpc) is 2.37. The van der Waals surface area contributed by atoms with E-state index in [1.165, 1.54) is 6.92 Å². The largest absolute Gasteiger partial charge is 0.350 e. The highest BCUT2D eigenvalue weighted by Gasteiger charge is 2.12. The van der Waals surface area contributed by atoms with E-state index < -0.39 is 0 Å². The quantitative estimate of drug-likeness (QED) is 0.743. The van der Waals surface area contributed by atoms with Crippen molar-refractivity contribution < 1.29 is 9.59 Å². The van der Waals surface area contributed by atoms with Crippen LogP contribution in [0.25, 0.3) is 0 Å². The predicted octanol–water partition coefficient (Wildman–Crippen LogP) is 1.95. The van der Waals surface area contributed by atoms with Crippen LogP contribution in [0, 0.1) is 0 Å². The van der Waals surface area contributed by atoms with Crippen molar-refractivity contribution in [2.45, 2.75) is 45.7 Å². The number of hydrogen-bond acceptors (Lipinski definition) is 3. The molecule has 1 aromatic rings. The molecule has 2 unspecified atom stereocenters. The topological polar surface area (TPSA) is 84.2 Å². The van der Waals surface area contributed by atoms with E-state index >= 15 is 0 Å². The maximum absolute atomic E-state index is 11.8. The molecule has 4 N–H and O–H groups in total. The van der Waals surface area contributed by atoms with Gasteiger partial charge in [0.05, 0.1) is 6.04 Å². The van der Waals surface area contributed by atoms with Crippen LogP contribution in [-0.4, -0.2) is 17.9 Å². The van der Waals surface area contributed by atoms with E-state index in [2.05, 4.69) is 10.6 Å². The van der Waals surface area contributed by atoms with Crippen molar-refractivity contribution >= 4 is 17.5 Å². The summed E-state index contributed by atoms with van der Waals surface area (Å²) < 4.78 is 0. The molecule has 0 saturated carbocycles. The second-order valence-electron chi connectivity index (χ2n) is 4.97. The minimum absolute atomic E-state index is 0.0585. The van der Waals surface area contributed by atoms with Gasteiger partial charge < -0.3 is 16.4 Å². The molecule has 2 amide bonds. The lowest BCUT2D eigenvalue weighted by atomic mass is 10.1. The zero-order chi connectivity index (χ0) is 15.1. The number of carbonyl (C=O) groups is 2. The van der Waals surface area contributed by atoms with Gasteiger partial charge in [-0.15, -0.1) is 0 Å². The third-order valence-corrected chi connectivity index (χ3v) is 3.06. The maximum atomic E-state index is 11.8. The van der Waals surface area contributed by atoms with Crippen LogP contribution in [0.3, 0.4) is 0 Å². The molecule has 0 aliphatic rings. The molecule has 1 rings (SSSR count). The van der Waals surface area contributed by atoms with Crippen molar-refractivity contribution in [3.8, 4) is 0 Å². The molecule has 5 heteroatoms. The summed E-state index contributed by atoms with van der Waals surface area (Å²) in [7, 11) is 0. The van der Waals surface area contributed by atoms with E-state index in [1.807, 2.05) is 38.1 Å². The van der Waals surface area contributed by atoms with Gasteiger partial charge in [0.2, 0.25) is 11.8 Å². The van der Waals surface area contributed by atoms with Gasteiger partial charge in [0.1, 0.15) is 0 Å². The van der Waals surface area contributed by atoms with Crippen molar-refractivity contribution in [2.75, 3.05) is 5.32 Å². The van der Waals surface area contributed by atoms with Crippen molar-refractivity contribution in [1.29, 1.82) is 0 Å². The highest BCUT2D eigenvalue weighted by Crippen LogP contribution is 2.17. The first-order chi connectivity index (χ1) is 9.42. The van der Waals surface area contributed by atoms with Crippen molar-refractivity contribution in [2.24, 2.45) is 5.73 Å². The summed E-state index contributed by atoms with van der Waals surface area (Å²) in [5.41, 5.74) is 7.42. The van der Waals surface area contributed by atoms with Crippen LogP contribution in [0.4, 0.5) is 5.69 Å². The van der Waals surface area contributed by atoms with Gasteiger partial charge >= 0.3 is 0 Å². The number of nitrogens with one attached hydrogen (secondary N) is 2. The molecule has 0 fully saturated rings. The third kappa shape index (κ3) is 5.40. The Kier molecular flexibility index (Phi) is 6.18. The summed E-state index contributed by atoms with van der Waals surface area (Å²) in [6.45, 7) is 5.32. The molecule has 1 aromatic carbocycles. The summed E-state index contributed by atoms with van der Waals surface area (Å²) >= 11 is 0. The van der Waals surface area contributed by atoms with E-state index in [9.17, 15) is 9.59 Å². The zero-order valence-electron chi connectivity index (χ0n) is 12.3. The van der Waals surface area contributed by atoms with Crippen LogP contribution in [0.5, 0.6) is 0 Å². The lowest BCUT2D eigenvalue weighted by Gasteiger charge is -2.17. The SMILES string of the molecule is CCC(N)CC(=O)NC(C)c1cccc(NC(C)=O)c1. The Hall–Kier alpha value is -1.88. The Balaban J connectivity index is 2.65. The van der Waals surface area contributed by atoms with Crippen LogP contribution >= 0.6 is 0 Å². The van der Waals surface area contributed by atoms with Crippen LogP contribution in [0.1, 0.15) is 45.2 Å². The Labute approximate surface area is 119 Å². The molecule has 0 radical (unpaired) electrons. The Morgan fingerprint density at radius 2 is 2.05 bits per heavy atom. The highest BCUT2D eigenvalue weighted by atomic mass is 16.2. The first-order valence-corrected chi connectivity index (χ1v) is 6.84. The Morgan fingerprint density at radius 1 is 1.35 bits per heavy atom. The fourth-order valence-corrected chi connectivity index (χ4v) is 1.86. The molecule has 0 aliphatic carbocycles. The summed E-state index contributed by atoms with van der Waals surface area (Å²) in [6, 6.07) is 7.20. The molecule has 0 saturated heterocycles. The third-order valence-electron chi connectivity index (χ3n) is 3.06. The minimum atomic E-state index is -0.125. The standard InChI is InChI=1S/C15H23N3O2/c1-4-13(16)9-15(20)17-10(2)12-6-5-7-14(8-12)18-11(3)19/h5-8,10,13H,4,9,16H2,1-3H3,(H,17,20)(H,18,19). The Bertz CT molecular complexity index is 474. The van der Waals surface area contributed by atoms with Crippen LogP contribution in [0.15, 0.2) is 24.3 Å². The van der Waals surface area contributed by atoms with E-state index in [1.54, 1.807) is 0 Å². The minimum Gasteiger partial charge on any atom is -0.350 e. The molecule has 2 atom stereocenters. The molecular formula is C15H23N3O2.